The summed E-state index contributed by atoms with van der Waals surface area (Å²) in [4.78, 5) is 39.5. The van der Waals surface area contributed by atoms with Crippen molar-refractivity contribution in [1.29, 1.82) is 0 Å². The minimum absolute atomic E-state index is 0.0235. The molecule has 1 aliphatic heterocycles. The van der Waals surface area contributed by atoms with Gasteiger partial charge in [0.2, 0.25) is 5.91 Å². The summed E-state index contributed by atoms with van der Waals surface area (Å²) in [5.41, 5.74) is 5.15. The first kappa shape index (κ1) is 21.4. The van der Waals surface area contributed by atoms with Gasteiger partial charge in [-0.3, -0.25) is 14.4 Å². The van der Waals surface area contributed by atoms with Crippen LogP contribution in [-0.4, -0.2) is 34.3 Å². The molecule has 7 nitrogen and oxygen atoms in total. The maximum atomic E-state index is 12.9. The van der Waals surface area contributed by atoms with E-state index in [0.717, 1.165) is 11.1 Å². The van der Waals surface area contributed by atoms with Crippen molar-refractivity contribution >= 4 is 46.4 Å². The van der Waals surface area contributed by atoms with E-state index in [0.29, 0.717) is 22.0 Å². The van der Waals surface area contributed by atoms with Crippen molar-refractivity contribution in [2.24, 2.45) is 16.0 Å². The van der Waals surface area contributed by atoms with Crippen LogP contribution < -0.4 is 5.43 Å². The topological polar surface area (TPSA) is 108 Å². The van der Waals surface area contributed by atoms with Crippen molar-refractivity contribution in [1.82, 2.24) is 5.43 Å². The van der Waals surface area contributed by atoms with E-state index in [1.54, 1.807) is 19.1 Å². The Morgan fingerprint density at radius 2 is 1.93 bits per heavy atom. The van der Waals surface area contributed by atoms with Crippen LogP contribution in [0.5, 0.6) is 0 Å². The highest BCUT2D eigenvalue weighted by atomic mass is 35.5. The van der Waals surface area contributed by atoms with E-state index in [-0.39, 0.29) is 25.2 Å². The third-order valence-electron chi connectivity index (χ3n) is 4.67. The smallest absolute Gasteiger partial charge is 0.303 e. The number of carboxylic acids is 1. The Hall–Kier alpha value is -3.32. The van der Waals surface area contributed by atoms with E-state index >= 15 is 0 Å². The SMILES string of the molecule is C/C(=N/NC(=O)CCCC(=O)O)C1=C(c2ccccc2)C2C=C(Cl)C=CC2=NC1=O. The number of amides is 2. The second kappa shape index (κ2) is 9.45. The Balaban J connectivity index is 1.94. The number of dihydropyridines is 1. The van der Waals surface area contributed by atoms with Crippen LogP contribution in [0.25, 0.3) is 5.57 Å². The number of rotatable bonds is 7. The lowest BCUT2D eigenvalue weighted by atomic mass is 9.80. The van der Waals surface area contributed by atoms with Crippen molar-refractivity contribution < 1.29 is 19.5 Å². The molecule has 0 radical (unpaired) electrons. The molecule has 0 bridgehead atoms. The van der Waals surface area contributed by atoms with E-state index in [4.69, 9.17) is 16.7 Å². The fourth-order valence-corrected chi connectivity index (χ4v) is 3.49. The fourth-order valence-electron chi connectivity index (χ4n) is 3.30. The Bertz CT molecular complexity index is 1040. The number of carboxylic acid groups (broad SMARTS) is 1. The number of benzene rings is 1. The lowest BCUT2D eigenvalue weighted by molar-refractivity contribution is -0.137. The molecule has 1 atom stereocenters. The second-order valence-corrected chi connectivity index (χ2v) is 7.27. The minimum atomic E-state index is -0.963. The largest absolute Gasteiger partial charge is 0.481 e. The van der Waals surface area contributed by atoms with E-state index in [1.807, 2.05) is 36.4 Å². The number of fused-ring (bicyclic) bond motifs is 1. The van der Waals surface area contributed by atoms with Crippen LogP contribution in [0.2, 0.25) is 0 Å². The molecule has 1 aromatic carbocycles. The quantitative estimate of drug-likeness (QED) is 0.515. The predicted octanol–water partition coefficient (Wildman–Crippen LogP) is 3.48. The molecule has 30 heavy (non-hydrogen) atoms. The number of aliphatic imine (C=N–C) groups is 1. The fraction of sp³-hybridized carbons (Fsp3) is 0.227. The maximum Gasteiger partial charge on any atom is 0.303 e. The van der Waals surface area contributed by atoms with Crippen LogP contribution in [0, 0.1) is 5.92 Å². The molecule has 3 rings (SSSR count). The van der Waals surface area contributed by atoms with Gasteiger partial charge in [-0.1, -0.05) is 48.0 Å². The molecule has 1 aliphatic carbocycles. The molecule has 0 spiro atoms. The van der Waals surface area contributed by atoms with Crippen LogP contribution in [-0.2, 0) is 14.4 Å². The van der Waals surface area contributed by atoms with Crippen molar-refractivity contribution in [3.05, 3.63) is 64.7 Å². The van der Waals surface area contributed by atoms with Crippen LogP contribution in [0.3, 0.4) is 0 Å². The van der Waals surface area contributed by atoms with Crippen LogP contribution in [0.15, 0.2) is 69.3 Å². The molecule has 8 heteroatoms. The second-order valence-electron chi connectivity index (χ2n) is 6.84. The monoisotopic (exact) mass is 425 g/mol. The Morgan fingerprint density at radius 1 is 1.20 bits per heavy atom. The number of hydrazone groups is 1. The summed E-state index contributed by atoms with van der Waals surface area (Å²) in [6, 6.07) is 9.41. The molecule has 1 unspecified atom stereocenters. The van der Waals surface area contributed by atoms with Gasteiger partial charge >= 0.3 is 5.97 Å². The summed E-state index contributed by atoms with van der Waals surface area (Å²) in [7, 11) is 0. The van der Waals surface area contributed by atoms with Crippen LogP contribution in [0.1, 0.15) is 31.7 Å². The first-order chi connectivity index (χ1) is 14.4. The molecule has 0 fully saturated rings. The third kappa shape index (κ3) is 4.99. The molecular formula is C22H20ClN3O4. The van der Waals surface area contributed by atoms with Gasteiger partial charge in [-0.15, -0.1) is 0 Å². The molecule has 0 saturated carbocycles. The maximum absolute atomic E-state index is 12.9. The summed E-state index contributed by atoms with van der Waals surface area (Å²) in [5, 5.41) is 13.3. The van der Waals surface area contributed by atoms with Crippen LogP contribution in [0.4, 0.5) is 0 Å². The summed E-state index contributed by atoms with van der Waals surface area (Å²) >= 11 is 6.21. The van der Waals surface area contributed by atoms with Gasteiger partial charge in [-0.05, 0) is 36.6 Å². The van der Waals surface area contributed by atoms with Gasteiger partial charge in [-0.25, -0.2) is 10.4 Å². The van der Waals surface area contributed by atoms with Crippen LogP contribution >= 0.6 is 11.6 Å². The van der Waals surface area contributed by atoms with E-state index in [2.05, 4.69) is 15.5 Å². The molecule has 0 aromatic heterocycles. The third-order valence-corrected chi connectivity index (χ3v) is 4.92. The Morgan fingerprint density at radius 3 is 2.63 bits per heavy atom. The molecule has 2 aliphatic rings. The van der Waals surface area contributed by atoms with Gasteiger partial charge in [-0.2, -0.15) is 5.10 Å². The Labute approximate surface area is 178 Å². The number of nitrogens with one attached hydrogen (secondary N) is 1. The number of carbonyl (C=O) groups excluding carboxylic acids is 2. The van der Waals surface area contributed by atoms with Crippen molar-refractivity contribution in [3.8, 4) is 0 Å². The lowest BCUT2D eigenvalue weighted by Crippen LogP contribution is -2.28. The number of allylic oxidation sites excluding steroid dienone is 5. The number of hydrogen-bond donors (Lipinski definition) is 2. The van der Waals surface area contributed by atoms with Crippen molar-refractivity contribution in [3.63, 3.8) is 0 Å². The summed E-state index contributed by atoms with van der Waals surface area (Å²) in [5.74, 6) is -2.14. The van der Waals surface area contributed by atoms with Crippen molar-refractivity contribution in [2.75, 3.05) is 0 Å². The standard InChI is InChI=1S/C22H20ClN3O4/c1-13(25-26-18(27)8-5-9-19(28)29)20-21(14-6-3-2-4-7-14)16-12-15(23)10-11-17(16)24-22(20)30/h2-4,6-7,10-12,16H,5,8-9H2,1H3,(H,26,27)(H,28,29)/b25-13-. The zero-order valence-electron chi connectivity index (χ0n) is 16.3. The zero-order chi connectivity index (χ0) is 21.7. The number of halogens is 1. The first-order valence-electron chi connectivity index (χ1n) is 9.40. The van der Waals surface area contributed by atoms with E-state index < -0.39 is 17.8 Å². The molecule has 0 saturated heterocycles. The highest BCUT2D eigenvalue weighted by molar-refractivity contribution is 6.36. The minimum Gasteiger partial charge on any atom is -0.481 e. The lowest BCUT2D eigenvalue weighted by Gasteiger charge is -2.27. The molecule has 1 aromatic rings. The number of carbonyl (C=O) groups is 3. The summed E-state index contributed by atoms with van der Waals surface area (Å²) in [6.45, 7) is 1.62. The van der Waals surface area contributed by atoms with Gasteiger partial charge < -0.3 is 5.11 Å². The molecular weight excluding hydrogens is 406 g/mol. The molecule has 1 heterocycles. The van der Waals surface area contributed by atoms with Gasteiger partial charge in [0.1, 0.15) is 0 Å². The normalized spacial score (nSPS) is 18.5. The van der Waals surface area contributed by atoms with Gasteiger partial charge in [0.05, 0.1) is 17.0 Å². The zero-order valence-corrected chi connectivity index (χ0v) is 17.0. The average Bonchev–Trinajstić information content (AvgIpc) is 2.71. The van der Waals surface area contributed by atoms with E-state index in [9.17, 15) is 14.4 Å². The van der Waals surface area contributed by atoms with Gasteiger partial charge in [0.15, 0.2) is 0 Å². The molecule has 2 amide bonds. The molecule has 154 valence electrons. The highest BCUT2D eigenvalue weighted by Gasteiger charge is 2.33. The first-order valence-corrected chi connectivity index (χ1v) is 9.78. The summed E-state index contributed by atoms with van der Waals surface area (Å²) in [6.07, 6.45) is 5.37. The molecule has 2 N–H and O–H groups in total. The average molecular weight is 426 g/mol. The van der Waals surface area contributed by atoms with E-state index in [1.165, 1.54) is 0 Å². The summed E-state index contributed by atoms with van der Waals surface area (Å²) < 4.78 is 0. The van der Waals surface area contributed by atoms with Gasteiger partial charge in [0, 0.05) is 23.8 Å². The predicted molar refractivity (Wildman–Crippen MR) is 115 cm³/mol. The number of aliphatic carboxylic acids is 1. The number of nitrogens with zero attached hydrogens (tertiary/aromatic N) is 2. The number of hydrogen-bond acceptors (Lipinski definition) is 4. The van der Waals surface area contributed by atoms with Crippen molar-refractivity contribution in [2.45, 2.75) is 26.2 Å². The Kier molecular flexibility index (Phi) is 6.74. The highest BCUT2D eigenvalue weighted by Crippen LogP contribution is 2.37. The van der Waals surface area contributed by atoms with Gasteiger partial charge in [0.25, 0.3) is 5.91 Å².